The molecule has 1 heterocycles. The Morgan fingerprint density at radius 1 is 1.23 bits per heavy atom. The summed E-state index contributed by atoms with van der Waals surface area (Å²) in [5, 5.41) is 11.9. The van der Waals surface area contributed by atoms with E-state index in [0.717, 1.165) is 42.8 Å². The minimum atomic E-state index is 0.494. The molecule has 8 nitrogen and oxygen atoms in total. The Bertz CT molecular complexity index is 873. The Kier molecular flexibility index (Phi) is 8.14. The van der Waals surface area contributed by atoms with Crippen molar-refractivity contribution in [1.82, 2.24) is 25.0 Å². The first-order valence-corrected chi connectivity index (χ1v) is 11.2. The average Bonchev–Trinajstić information content (AvgIpc) is 3.45. The minimum Gasteiger partial charge on any atom is -0.493 e. The molecule has 170 valence electrons. The quantitative estimate of drug-likeness (QED) is 0.488. The van der Waals surface area contributed by atoms with Crippen molar-refractivity contribution in [1.29, 1.82) is 0 Å². The molecule has 8 heteroatoms. The summed E-state index contributed by atoms with van der Waals surface area (Å²) in [5.74, 6) is 3.44. The summed E-state index contributed by atoms with van der Waals surface area (Å²) in [5.41, 5.74) is 2.36. The first-order chi connectivity index (χ1) is 15.0. The number of guanidine groups is 1. The van der Waals surface area contributed by atoms with Crippen molar-refractivity contribution < 1.29 is 9.47 Å². The molecule has 1 aromatic carbocycles. The van der Waals surface area contributed by atoms with Crippen molar-refractivity contribution in [3.63, 3.8) is 0 Å². The second kappa shape index (κ2) is 11.0. The predicted molar refractivity (Wildman–Crippen MR) is 123 cm³/mol. The molecule has 1 N–H and O–H groups in total. The number of hydrogen-bond acceptors (Lipinski definition) is 5. The lowest BCUT2D eigenvalue weighted by Gasteiger charge is -2.26. The fourth-order valence-electron chi connectivity index (χ4n) is 4.06. The van der Waals surface area contributed by atoms with Crippen LogP contribution < -0.4 is 14.8 Å². The number of aryl methyl sites for hydroxylation is 2. The van der Waals surface area contributed by atoms with Crippen molar-refractivity contribution in [2.45, 2.75) is 65.1 Å². The second-order valence-corrected chi connectivity index (χ2v) is 8.11. The molecule has 1 aromatic heterocycles. The Morgan fingerprint density at radius 3 is 2.61 bits per heavy atom. The Hall–Kier alpha value is -2.77. The lowest BCUT2D eigenvalue weighted by Crippen LogP contribution is -2.43. The first-order valence-electron chi connectivity index (χ1n) is 11.2. The summed E-state index contributed by atoms with van der Waals surface area (Å²) in [6, 6.07) is 4.58. The normalized spacial score (nSPS) is 14.7. The number of hydrogen-bond donors (Lipinski definition) is 1. The van der Waals surface area contributed by atoms with E-state index in [1.807, 2.05) is 6.07 Å². The van der Waals surface area contributed by atoms with Gasteiger partial charge in [0.05, 0.1) is 20.8 Å². The van der Waals surface area contributed by atoms with Gasteiger partial charge in [0.15, 0.2) is 17.5 Å². The monoisotopic (exact) mass is 428 g/mol. The molecule has 2 aromatic rings. The van der Waals surface area contributed by atoms with Crippen LogP contribution in [-0.4, -0.2) is 59.5 Å². The molecular weight excluding hydrogens is 392 g/mol. The highest BCUT2D eigenvalue weighted by Gasteiger charge is 2.19. The zero-order chi connectivity index (χ0) is 22.2. The van der Waals surface area contributed by atoms with Crippen LogP contribution in [0.5, 0.6) is 11.5 Å². The van der Waals surface area contributed by atoms with Gasteiger partial charge in [0.1, 0.15) is 12.2 Å². The summed E-state index contributed by atoms with van der Waals surface area (Å²) >= 11 is 0. The molecule has 1 saturated carbocycles. The number of aromatic nitrogens is 3. The van der Waals surface area contributed by atoms with Crippen molar-refractivity contribution >= 4 is 5.96 Å². The van der Waals surface area contributed by atoms with E-state index in [9.17, 15) is 0 Å². The number of aliphatic imine (C=N–C) groups is 1. The summed E-state index contributed by atoms with van der Waals surface area (Å²) in [6.07, 6.45) is 7.62. The van der Waals surface area contributed by atoms with Gasteiger partial charge in [0, 0.05) is 32.6 Å². The second-order valence-electron chi connectivity index (χ2n) is 8.11. The third-order valence-electron chi connectivity index (χ3n) is 5.91. The molecule has 3 rings (SSSR count). The molecule has 0 aliphatic heterocycles. The summed E-state index contributed by atoms with van der Waals surface area (Å²) in [7, 11) is 5.43. The van der Waals surface area contributed by atoms with E-state index >= 15 is 0 Å². The standard InChI is InChI=1S/C23H36N6O2/c1-6-22-27-25-16-29(22)12-11-24-23(26-19-9-7-8-10-19)28(3)15-18-14-21(31-5)20(30-4)13-17(18)2/h13-14,16,19H,6-12,15H2,1-5H3,(H,24,26). The number of nitrogens with one attached hydrogen (secondary N) is 1. The maximum atomic E-state index is 5.51. The van der Waals surface area contributed by atoms with Crippen molar-refractivity contribution in [2.24, 2.45) is 4.99 Å². The van der Waals surface area contributed by atoms with Gasteiger partial charge in [-0.25, -0.2) is 0 Å². The van der Waals surface area contributed by atoms with Crippen molar-refractivity contribution in [3.8, 4) is 11.5 Å². The molecule has 1 aliphatic rings. The molecule has 1 aliphatic carbocycles. The first kappa shape index (κ1) is 22.9. The van der Waals surface area contributed by atoms with E-state index in [1.54, 1.807) is 20.5 Å². The molecule has 0 unspecified atom stereocenters. The van der Waals surface area contributed by atoms with Gasteiger partial charge in [-0.2, -0.15) is 0 Å². The Balaban J connectivity index is 1.74. The highest BCUT2D eigenvalue weighted by molar-refractivity contribution is 5.80. The van der Waals surface area contributed by atoms with Gasteiger partial charge in [-0.1, -0.05) is 19.8 Å². The van der Waals surface area contributed by atoms with Crippen LogP contribution >= 0.6 is 0 Å². The van der Waals surface area contributed by atoms with Crippen LogP contribution in [-0.2, 0) is 19.5 Å². The fraction of sp³-hybridized carbons (Fsp3) is 0.609. The Morgan fingerprint density at radius 2 is 1.94 bits per heavy atom. The number of ether oxygens (including phenoxy) is 2. The molecule has 1 fully saturated rings. The number of rotatable bonds is 9. The molecule has 0 bridgehead atoms. The molecular formula is C23H36N6O2. The van der Waals surface area contributed by atoms with E-state index in [1.165, 1.54) is 36.8 Å². The zero-order valence-corrected chi connectivity index (χ0v) is 19.5. The highest BCUT2D eigenvalue weighted by atomic mass is 16.5. The average molecular weight is 429 g/mol. The predicted octanol–water partition coefficient (Wildman–Crippen LogP) is 3.19. The van der Waals surface area contributed by atoms with Gasteiger partial charge in [-0.3, -0.25) is 4.99 Å². The SMILES string of the molecule is CCc1nncn1CCN=C(NC1CCCC1)N(C)Cc1cc(OC)c(OC)cc1C. The lowest BCUT2D eigenvalue weighted by molar-refractivity contribution is 0.353. The lowest BCUT2D eigenvalue weighted by atomic mass is 10.1. The summed E-state index contributed by atoms with van der Waals surface area (Å²) in [6.45, 7) is 6.38. The van der Waals surface area contributed by atoms with Gasteiger partial charge in [0.2, 0.25) is 0 Å². The van der Waals surface area contributed by atoms with Gasteiger partial charge in [-0.05, 0) is 43.0 Å². The molecule has 0 amide bonds. The molecule has 0 saturated heterocycles. The third-order valence-corrected chi connectivity index (χ3v) is 5.91. The van der Waals surface area contributed by atoms with Crippen LogP contribution in [0, 0.1) is 6.92 Å². The van der Waals surface area contributed by atoms with Crippen LogP contribution in [0.4, 0.5) is 0 Å². The summed E-state index contributed by atoms with van der Waals surface area (Å²) in [4.78, 5) is 7.13. The van der Waals surface area contributed by atoms with E-state index in [0.29, 0.717) is 12.6 Å². The maximum Gasteiger partial charge on any atom is 0.194 e. The highest BCUT2D eigenvalue weighted by Crippen LogP contribution is 2.30. The van der Waals surface area contributed by atoms with Gasteiger partial charge in [-0.15, -0.1) is 10.2 Å². The molecule has 0 atom stereocenters. The van der Waals surface area contributed by atoms with Crippen LogP contribution in [0.3, 0.4) is 0 Å². The maximum absolute atomic E-state index is 5.51. The number of nitrogens with zero attached hydrogens (tertiary/aromatic N) is 5. The van der Waals surface area contributed by atoms with Crippen LogP contribution in [0.1, 0.15) is 49.6 Å². The smallest absolute Gasteiger partial charge is 0.194 e. The van der Waals surface area contributed by atoms with Gasteiger partial charge >= 0.3 is 0 Å². The number of benzene rings is 1. The zero-order valence-electron chi connectivity index (χ0n) is 19.5. The van der Waals surface area contributed by atoms with Crippen LogP contribution in [0.25, 0.3) is 0 Å². The molecule has 0 radical (unpaired) electrons. The van der Waals surface area contributed by atoms with Crippen molar-refractivity contribution in [3.05, 3.63) is 35.4 Å². The van der Waals surface area contributed by atoms with Gasteiger partial charge < -0.3 is 24.3 Å². The minimum absolute atomic E-state index is 0.494. The summed E-state index contributed by atoms with van der Waals surface area (Å²) < 4.78 is 13.0. The van der Waals surface area contributed by atoms with E-state index in [2.05, 4.69) is 51.9 Å². The Labute approximate surface area is 185 Å². The van der Waals surface area contributed by atoms with E-state index in [4.69, 9.17) is 14.5 Å². The van der Waals surface area contributed by atoms with Crippen LogP contribution in [0.2, 0.25) is 0 Å². The fourth-order valence-corrected chi connectivity index (χ4v) is 4.06. The van der Waals surface area contributed by atoms with E-state index < -0.39 is 0 Å². The topological polar surface area (TPSA) is 76.8 Å². The third kappa shape index (κ3) is 5.89. The van der Waals surface area contributed by atoms with Crippen molar-refractivity contribution in [2.75, 3.05) is 27.8 Å². The largest absolute Gasteiger partial charge is 0.493 e. The van der Waals surface area contributed by atoms with Crippen LogP contribution in [0.15, 0.2) is 23.5 Å². The molecule has 0 spiro atoms. The van der Waals surface area contributed by atoms with Gasteiger partial charge in [0.25, 0.3) is 0 Å². The molecule has 31 heavy (non-hydrogen) atoms. The van der Waals surface area contributed by atoms with E-state index in [-0.39, 0.29) is 0 Å². The number of methoxy groups -OCH3 is 2.